The molecule has 2 rings (SSSR count). The first-order valence-electron chi connectivity index (χ1n) is 5.11. The second-order valence-electron chi connectivity index (χ2n) is 3.86. The van der Waals surface area contributed by atoms with Crippen molar-refractivity contribution < 1.29 is 13.2 Å². The Hall–Kier alpha value is -1.69. The van der Waals surface area contributed by atoms with Crippen LogP contribution < -0.4 is 15.8 Å². The number of hydrogen-bond acceptors (Lipinski definition) is 5. The van der Waals surface area contributed by atoms with Crippen LogP contribution >= 0.6 is 0 Å². The van der Waals surface area contributed by atoms with E-state index in [0.717, 1.165) is 0 Å². The standard InChI is InChI=1S/C11H14N2O3S/c1-16-9-2-3-10(12)11(6-9)13-8-4-5-17(14,15)7-8/h2-6,8,13H,7,12H2,1H3. The fourth-order valence-corrected chi connectivity index (χ4v) is 2.89. The van der Waals surface area contributed by atoms with Gasteiger partial charge in [-0.1, -0.05) is 6.08 Å². The monoisotopic (exact) mass is 254 g/mol. The molecule has 0 aromatic heterocycles. The zero-order chi connectivity index (χ0) is 12.5. The Kier molecular flexibility index (Phi) is 2.97. The van der Waals surface area contributed by atoms with Crippen LogP contribution in [0.25, 0.3) is 0 Å². The number of ether oxygens (including phenoxy) is 1. The van der Waals surface area contributed by atoms with Gasteiger partial charge in [-0.15, -0.1) is 0 Å². The third-order valence-corrected chi connectivity index (χ3v) is 3.93. The molecule has 1 aliphatic rings. The minimum absolute atomic E-state index is 0.0592. The summed E-state index contributed by atoms with van der Waals surface area (Å²) in [5.41, 5.74) is 7.03. The van der Waals surface area contributed by atoms with Crippen LogP contribution in [0, 0.1) is 0 Å². The molecule has 0 fully saturated rings. The molecule has 1 aliphatic heterocycles. The maximum atomic E-state index is 11.3. The Morgan fingerprint density at radius 3 is 2.82 bits per heavy atom. The van der Waals surface area contributed by atoms with E-state index in [2.05, 4.69) is 5.32 Å². The van der Waals surface area contributed by atoms with Crippen molar-refractivity contribution in [2.75, 3.05) is 23.9 Å². The van der Waals surface area contributed by atoms with Gasteiger partial charge in [-0.05, 0) is 12.1 Å². The Morgan fingerprint density at radius 2 is 2.24 bits per heavy atom. The molecule has 0 saturated heterocycles. The van der Waals surface area contributed by atoms with Crippen molar-refractivity contribution in [3.63, 3.8) is 0 Å². The number of nitrogens with one attached hydrogen (secondary N) is 1. The molecule has 1 heterocycles. The highest BCUT2D eigenvalue weighted by molar-refractivity contribution is 7.94. The lowest BCUT2D eigenvalue weighted by atomic mass is 10.2. The SMILES string of the molecule is COc1ccc(N)c(NC2C=CS(=O)(=O)C2)c1. The van der Waals surface area contributed by atoms with Gasteiger partial charge < -0.3 is 15.8 Å². The van der Waals surface area contributed by atoms with Gasteiger partial charge in [-0.3, -0.25) is 0 Å². The highest BCUT2D eigenvalue weighted by Crippen LogP contribution is 2.26. The van der Waals surface area contributed by atoms with E-state index in [-0.39, 0.29) is 11.8 Å². The van der Waals surface area contributed by atoms with Crippen molar-refractivity contribution in [1.29, 1.82) is 0 Å². The summed E-state index contributed by atoms with van der Waals surface area (Å²) < 4.78 is 27.6. The van der Waals surface area contributed by atoms with Gasteiger partial charge in [-0.2, -0.15) is 0 Å². The van der Waals surface area contributed by atoms with E-state index in [4.69, 9.17) is 10.5 Å². The molecule has 17 heavy (non-hydrogen) atoms. The summed E-state index contributed by atoms with van der Waals surface area (Å²) in [6.07, 6.45) is 1.62. The van der Waals surface area contributed by atoms with E-state index in [1.165, 1.54) is 5.41 Å². The minimum atomic E-state index is -3.06. The molecule has 1 aromatic rings. The molecule has 6 heteroatoms. The van der Waals surface area contributed by atoms with Gasteiger partial charge in [0.25, 0.3) is 0 Å². The summed E-state index contributed by atoms with van der Waals surface area (Å²) in [6.45, 7) is 0. The van der Waals surface area contributed by atoms with Gasteiger partial charge in [0.15, 0.2) is 9.84 Å². The molecule has 0 saturated carbocycles. The van der Waals surface area contributed by atoms with Crippen molar-refractivity contribution in [2.45, 2.75) is 6.04 Å². The summed E-state index contributed by atoms with van der Waals surface area (Å²) in [5.74, 6) is 0.732. The molecule has 1 unspecified atom stereocenters. The van der Waals surface area contributed by atoms with Crippen LogP contribution in [0.2, 0.25) is 0 Å². The molecule has 0 aliphatic carbocycles. The van der Waals surface area contributed by atoms with E-state index in [0.29, 0.717) is 17.1 Å². The molecule has 5 nitrogen and oxygen atoms in total. The number of nitrogen functional groups attached to an aromatic ring is 1. The number of nitrogens with two attached hydrogens (primary N) is 1. The van der Waals surface area contributed by atoms with E-state index in [1.807, 2.05) is 0 Å². The summed E-state index contributed by atoms with van der Waals surface area (Å²) in [6, 6.07) is 4.97. The van der Waals surface area contributed by atoms with Crippen LogP contribution in [0.3, 0.4) is 0 Å². The van der Waals surface area contributed by atoms with Crippen molar-refractivity contribution in [2.24, 2.45) is 0 Å². The van der Waals surface area contributed by atoms with Gasteiger partial charge in [0.2, 0.25) is 0 Å². The number of rotatable bonds is 3. The first-order valence-corrected chi connectivity index (χ1v) is 6.83. The van der Waals surface area contributed by atoms with E-state index >= 15 is 0 Å². The fraction of sp³-hybridized carbons (Fsp3) is 0.273. The third-order valence-electron chi connectivity index (χ3n) is 2.53. The molecule has 1 atom stereocenters. The Labute approximate surface area is 100 Å². The van der Waals surface area contributed by atoms with Crippen LogP contribution in [0.4, 0.5) is 11.4 Å². The normalized spacial score (nSPS) is 21.4. The molecule has 0 bridgehead atoms. The maximum Gasteiger partial charge on any atom is 0.173 e. The van der Waals surface area contributed by atoms with Gasteiger partial charge in [0.1, 0.15) is 5.75 Å². The summed E-state index contributed by atoms with van der Waals surface area (Å²) >= 11 is 0. The highest BCUT2D eigenvalue weighted by atomic mass is 32.2. The molecule has 0 spiro atoms. The smallest absolute Gasteiger partial charge is 0.173 e. The number of sulfone groups is 1. The molecular weight excluding hydrogens is 240 g/mol. The Morgan fingerprint density at radius 1 is 1.47 bits per heavy atom. The molecule has 1 aromatic carbocycles. The second-order valence-corrected chi connectivity index (χ2v) is 5.79. The van der Waals surface area contributed by atoms with E-state index in [1.54, 1.807) is 31.4 Å². The lowest BCUT2D eigenvalue weighted by molar-refractivity contribution is 0.415. The summed E-state index contributed by atoms with van der Waals surface area (Å²) in [7, 11) is -1.49. The van der Waals surface area contributed by atoms with Crippen LogP contribution in [0.1, 0.15) is 0 Å². The van der Waals surface area contributed by atoms with Crippen molar-refractivity contribution in [3.05, 3.63) is 29.7 Å². The third kappa shape index (κ3) is 2.71. The predicted octanol–water partition coefficient (Wildman–Crippen LogP) is 1.00. The highest BCUT2D eigenvalue weighted by Gasteiger charge is 2.21. The Balaban J connectivity index is 2.17. The van der Waals surface area contributed by atoms with Gasteiger partial charge in [0.05, 0.1) is 30.3 Å². The number of hydrogen-bond donors (Lipinski definition) is 2. The lowest BCUT2D eigenvalue weighted by Crippen LogP contribution is -2.21. The molecule has 0 amide bonds. The zero-order valence-corrected chi connectivity index (χ0v) is 10.2. The number of methoxy groups -OCH3 is 1. The quantitative estimate of drug-likeness (QED) is 0.786. The molecule has 3 N–H and O–H groups in total. The lowest BCUT2D eigenvalue weighted by Gasteiger charge is -2.14. The van der Waals surface area contributed by atoms with Gasteiger partial charge >= 0.3 is 0 Å². The number of benzene rings is 1. The molecule has 92 valence electrons. The largest absolute Gasteiger partial charge is 0.497 e. The predicted molar refractivity (Wildman–Crippen MR) is 67.7 cm³/mol. The first kappa shape index (κ1) is 11.8. The average Bonchev–Trinajstić information content (AvgIpc) is 2.61. The Bertz CT molecular complexity index is 552. The maximum absolute atomic E-state index is 11.3. The van der Waals surface area contributed by atoms with Crippen molar-refractivity contribution in [3.8, 4) is 5.75 Å². The zero-order valence-electron chi connectivity index (χ0n) is 9.38. The molecular formula is C11H14N2O3S. The van der Waals surface area contributed by atoms with Crippen LogP contribution in [-0.2, 0) is 9.84 Å². The van der Waals surface area contributed by atoms with Crippen molar-refractivity contribution >= 4 is 21.2 Å². The minimum Gasteiger partial charge on any atom is -0.497 e. The fourth-order valence-electron chi connectivity index (χ4n) is 1.65. The second kappa shape index (κ2) is 4.29. The van der Waals surface area contributed by atoms with E-state index < -0.39 is 9.84 Å². The van der Waals surface area contributed by atoms with Crippen molar-refractivity contribution in [1.82, 2.24) is 0 Å². The van der Waals surface area contributed by atoms with Gasteiger partial charge in [0, 0.05) is 11.5 Å². The summed E-state index contributed by atoms with van der Waals surface area (Å²) in [4.78, 5) is 0. The first-order chi connectivity index (χ1) is 8.00. The van der Waals surface area contributed by atoms with Crippen LogP contribution in [0.5, 0.6) is 5.75 Å². The topological polar surface area (TPSA) is 81.4 Å². The van der Waals surface area contributed by atoms with Crippen LogP contribution in [0.15, 0.2) is 29.7 Å². The van der Waals surface area contributed by atoms with Crippen LogP contribution in [-0.4, -0.2) is 27.3 Å². The molecule has 0 radical (unpaired) electrons. The van der Waals surface area contributed by atoms with E-state index in [9.17, 15) is 8.42 Å². The average molecular weight is 254 g/mol. The summed E-state index contributed by atoms with van der Waals surface area (Å²) in [5, 5.41) is 4.29. The number of anilines is 2. The van der Waals surface area contributed by atoms with Gasteiger partial charge in [-0.25, -0.2) is 8.42 Å².